The third-order valence-electron chi connectivity index (χ3n) is 3.35. The number of benzene rings is 2. The molecular formula is C16H10N2O4. The highest BCUT2D eigenvalue weighted by Gasteiger charge is 2.17. The first kappa shape index (κ1) is 13.7. The molecule has 0 radical (unpaired) electrons. The van der Waals surface area contributed by atoms with E-state index in [2.05, 4.69) is 4.98 Å². The molecule has 0 unspecified atom stereocenters. The van der Waals surface area contributed by atoms with Gasteiger partial charge in [0.2, 0.25) is 5.43 Å². The van der Waals surface area contributed by atoms with Crippen LogP contribution in [0.3, 0.4) is 0 Å². The van der Waals surface area contributed by atoms with Crippen LogP contribution < -0.4 is 5.43 Å². The van der Waals surface area contributed by atoms with Crippen LogP contribution in [0.4, 0.5) is 5.69 Å². The highest BCUT2D eigenvalue weighted by Crippen LogP contribution is 2.16. The number of carbonyl (C=O) groups excluding carboxylic acids is 1. The third-order valence-corrected chi connectivity index (χ3v) is 3.35. The second-order valence-electron chi connectivity index (χ2n) is 4.71. The molecule has 0 saturated heterocycles. The van der Waals surface area contributed by atoms with Crippen molar-refractivity contribution in [1.82, 2.24) is 4.98 Å². The van der Waals surface area contributed by atoms with Gasteiger partial charge in [0.25, 0.3) is 5.69 Å². The fourth-order valence-electron chi connectivity index (χ4n) is 2.25. The van der Waals surface area contributed by atoms with Crippen molar-refractivity contribution in [3.63, 3.8) is 0 Å². The summed E-state index contributed by atoms with van der Waals surface area (Å²) in [6.45, 7) is 0. The largest absolute Gasteiger partial charge is 0.360 e. The molecule has 0 atom stereocenters. The molecule has 1 aromatic heterocycles. The van der Waals surface area contributed by atoms with Crippen LogP contribution in [0.1, 0.15) is 15.9 Å². The normalized spacial score (nSPS) is 10.5. The highest BCUT2D eigenvalue weighted by atomic mass is 16.6. The van der Waals surface area contributed by atoms with Crippen LogP contribution in [0.5, 0.6) is 0 Å². The van der Waals surface area contributed by atoms with Crippen molar-refractivity contribution in [1.29, 1.82) is 0 Å². The van der Waals surface area contributed by atoms with Gasteiger partial charge in [0.1, 0.15) is 0 Å². The number of hydrogen-bond acceptors (Lipinski definition) is 4. The Bertz CT molecular complexity index is 960. The second-order valence-corrected chi connectivity index (χ2v) is 4.71. The molecule has 3 rings (SSSR count). The predicted molar refractivity (Wildman–Crippen MR) is 81.1 cm³/mol. The Kier molecular flexibility index (Phi) is 3.27. The van der Waals surface area contributed by atoms with E-state index in [1.54, 1.807) is 24.3 Å². The maximum absolute atomic E-state index is 12.4. The number of aromatic amines is 1. The molecule has 0 aliphatic heterocycles. The maximum Gasteiger partial charge on any atom is 0.270 e. The molecule has 0 saturated carbocycles. The summed E-state index contributed by atoms with van der Waals surface area (Å²) in [4.78, 5) is 37.9. The molecule has 6 nitrogen and oxygen atoms in total. The van der Waals surface area contributed by atoms with Gasteiger partial charge in [-0.25, -0.2) is 0 Å². The van der Waals surface area contributed by atoms with E-state index in [0.29, 0.717) is 10.9 Å². The lowest BCUT2D eigenvalue weighted by Gasteiger charge is -2.03. The zero-order valence-electron chi connectivity index (χ0n) is 11.3. The number of H-pyrrole nitrogens is 1. The second kappa shape index (κ2) is 5.25. The summed E-state index contributed by atoms with van der Waals surface area (Å²) < 4.78 is 0. The lowest BCUT2D eigenvalue weighted by atomic mass is 10.0. The summed E-state index contributed by atoms with van der Waals surface area (Å²) in [5.74, 6) is -0.546. The molecule has 0 spiro atoms. The van der Waals surface area contributed by atoms with Gasteiger partial charge in [-0.15, -0.1) is 0 Å². The van der Waals surface area contributed by atoms with Crippen LogP contribution in [-0.4, -0.2) is 15.7 Å². The molecule has 1 N–H and O–H groups in total. The number of nitrogens with one attached hydrogen (secondary N) is 1. The van der Waals surface area contributed by atoms with E-state index in [1.165, 1.54) is 24.4 Å². The minimum Gasteiger partial charge on any atom is -0.360 e. The summed E-state index contributed by atoms with van der Waals surface area (Å²) in [6, 6.07) is 12.2. The van der Waals surface area contributed by atoms with Crippen LogP contribution in [0, 0.1) is 10.1 Å². The van der Waals surface area contributed by atoms with Crippen molar-refractivity contribution in [3.8, 4) is 0 Å². The van der Waals surface area contributed by atoms with Gasteiger partial charge >= 0.3 is 0 Å². The fourth-order valence-corrected chi connectivity index (χ4v) is 2.25. The van der Waals surface area contributed by atoms with E-state index in [1.807, 2.05) is 0 Å². The van der Waals surface area contributed by atoms with Gasteiger partial charge in [-0.2, -0.15) is 0 Å². The Morgan fingerprint density at radius 2 is 1.86 bits per heavy atom. The van der Waals surface area contributed by atoms with Gasteiger partial charge in [-0.1, -0.05) is 24.3 Å². The van der Waals surface area contributed by atoms with E-state index in [0.717, 1.165) is 6.07 Å². The van der Waals surface area contributed by atoms with Gasteiger partial charge in [-0.3, -0.25) is 19.7 Å². The standard InChI is InChI=1S/C16H10N2O4/c19-15(10-4-3-5-11(8-10)18(21)22)13-9-17-14-7-2-1-6-12(14)16(13)20/h1-9H,(H,17,20). The Hall–Kier alpha value is -3.28. The number of nitrogens with zero attached hydrogens (tertiary/aromatic N) is 1. The lowest BCUT2D eigenvalue weighted by Crippen LogP contribution is -2.16. The zero-order valence-corrected chi connectivity index (χ0v) is 11.3. The number of non-ortho nitro benzene ring substituents is 1. The minimum absolute atomic E-state index is 0.0424. The molecule has 0 aliphatic carbocycles. The summed E-state index contributed by atoms with van der Waals surface area (Å²) in [6.07, 6.45) is 1.34. The first-order valence-electron chi connectivity index (χ1n) is 6.47. The van der Waals surface area contributed by atoms with E-state index >= 15 is 0 Å². The van der Waals surface area contributed by atoms with Crippen molar-refractivity contribution < 1.29 is 9.72 Å². The minimum atomic E-state index is -0.582. The highest BCUT2D eigenvalue weighted by molar-refractivity contribution is 6.10. The lowest BCUT2D eigenvalue weighted by molar-refractivity contribution is -0.384. The van der Waals surface area contributed by atoms with Gasteiger partial charge in [0, 0.05) is 34.8 Å². The summed E-state index contributed by atoms with van der Waals surface area (Å²) >= 11 is 0. The number of para-hydroxylation sites is 1. The number of pyridine rings is 1. The van der Waals surface area contributed by atoms with E-state index in [-0.39, 0.29) is 16.8 Å². The number of rotatable bonds is 3. The number of aromatic nitrogens is 1. The summed E-state index contributed by atoms with van der Waals surface area (Å²) in [5, 5.41) is 11.2. The number of hydrogen-bond donors (Lipinski definition) is 1. The first-order chi connectivity index (χ1) is 10.6. The summed E-state index contributed by atoms with van der Waals surface area (Å²) in [7, 11) is 0. The predicted octanol–water partition coefficient (Wildman–Crippen LogP) is 2.67. The van der Waals surface area contributed by atoms with Crippen LogP contribution >= 0.6 is 0 Å². The Labute approximate surface area is 124 Å². The van der Waals surface area contributed by atoms with Crippen molar-refractivity contribution in [2.24, 2.45) is 0 Å². The van der Waals surface area contributed by atoms with Crippen LogP contribution in [0.25, 0.3) is 10.9 Å². The molecule has 6 heteroatoms. The Morgan fingerprint density at radius 1 is 1.09 bits per heavy atom. The summed E-state index contributed by atoms with van der Waals surface area (Å²) in [5.41, 5.74) is 0.103. The monoisotopic (exact) mass is 294 g/mol. The quantitative estimate of drug-likeness (QED) is 0.456. The third kappa shape index (κ3) is 2.26. The van der Waals surface area contributed by atoms with Crippen molar-refractivity contribution in [3.05, 3.63) is 86.2 Å². The molecular weight excluding hydrogens is 284 g/mol. The van der Waals surface area contributed by atoms with Gasteiger partial charge in [0.05, 0.1) is 10.5 Å². The van der Waals surface area contributed by atoms with E-state index < -0.39 is 16.1 Å². The number of nitro groups is 1. The smallest absolute Gasteiger partial charge is 0.270 e. The molecule has 0 aliphatic rings. The topological polar surface area (TPSA) is 93.1 Å². The van der Waals surface area contributed by atoms with Gasteiger partial charge in [0.15, 0.2) is 5.78 Å². The number of carbonyl (C=O) groups is 1. The molecule has 1 heterocycles. The average molecular weight is 294 g/mol. The molecule has 0 bridgehead atoms. The van der Waals surface area contributed by atoms with Crippen LogP contribution in [-0.2, 0) is 0 Å². The Morgan fingerprint density at radius 3 is 2.64 bits per heavy atom. The van der Waals surface area contributed by atoms with Gasteiger partial charge < -0.3 is 4.98 Å². The van der Waals surface area contributed by atoms with Crippen LogP contribution in [0.2, 0.25) is 0 Å². The average Bonchev–Trinajstić information content (AvgIpc) is 2.55. The van der Waals surface area contributed by atoms with Crippen molar-refractivity contribution >= 4 is 22.4 Å². The number of fused-ring (bicyclic) bond motifs is 1. The van der Waals surface area contributed by atoms with Crippen molar-refractivity contribution in [2.45, 2.75) is 0 Å². The van der Waals surface area contributed by atoms with Crippen LogP contribution in [0.15, 0.2) is 59.5 Å². The zero-order chi connectivity index (χ0) is 15.7. The molecule has 22 heavy (non-hydrogen) atoms. The molecule has 3 aromatic rings. The molecule has 0 fully saturated rings. The molecule has 2 aromatic carbocycles. The number of ketones is 1. The Balaban J connectivity index is 2.13. The fraction of sp³-hybridized carbons (Fsp3) is 0. The van der Waals surface area contributed by atoms with Gasteiger partial charge in [-0.05, 0) is 12.1 Å². The molecule has 0 amide bonds. The first-order valence-corrected chi connectivity index (χ1v) is 6.47. The maximum atomic E-state index is 12.4. The SMILES string of the molecule is O=C(c1cccc([N+](=O)[O-])c1)c1c[nH]c2ccccc2c1=O. The van der Waals surface area contributed by atoms with E-state index in [9.17, 15) is 19.7 Å². The molecule has 108 valence electrons. The number of nitro benzene ring substituents is 1. The van der Waals surface area contributed by atoms with Crippen molar-refractivity contribution in [2.75, 3.05) is 0 Å². The van der Waals surface area contributed by atoms with E-state index in [4.69, 9.17) is 0 Å².